The minimum Gasteiger partial charge on any atom is -0.488 e. The van der Waals surface area contributed by atoms with Crippen LogP contribution in [0, 0.1) is 0 Å². The van der Waals surface area contributed by atoms with E-state index in [-0.39, 0.29) is 12.0 Å². The van der Waals surface area contributed by atoms with Gasteiger partial charge in [0.1, 0.15) is 23.8 Å². The number of rotatable bonds is 5. The molecule has 0 radical (unpaired) electrons. The molecular formula is C22H24N4O3. The van der Waals surface area contributed by atoms with E-state index in [1.54, 1.807) is 18.5 Å². The lowest BCUT2D eigenvalue weighted by Gasteiger charge is -2.36. The molecule has 7 nitrogen and oxygen atoms in total. The van der Waals surface area contributed by atoms with E-state index in [1.165, 1.54) is 0 Å². The first-order valence-electron chi connectivity index (χ1n) is 9.83. The van der Waals surface area contributed by atoms with Crippen LogP contribution in [-0.2, 0) is 0 Å². The summed E-state index contributed by atoms with van der Waals surface area (Å²) in [4.78, 5) is 22.6. The number of benzene rings is 1. The van der Waals surface area contributed by atoms with E-state index < -0.39 is 6.10 Å². The van der Waals surface area contributed by atoms with Gasteiger partial charge >= 0.3 is 0 Å². The number of ether oxygens (including phenoxy) is 1. The van der Waals surface area contributed by atoms with Crippen LogP contribution in [0.15, 0.2) is 54.9 Å². The average Bonchev–Trinajstić information content (AvgIpc) is 2.75. The molecule has 0 unspecified atom stereocenters. The van der Waals surface area contributed by atoms with Crippen LogP contribution < -0.4 is 15.0 Å². The molecule has 0 spiro atoms. The maximum atomic E-state index is 11.9. The molecule has 150 valence electrons. The molecule has 0 bridgehead atoms. The molecular weight excluding hydrogens is 368 g/mol. The second-order valence-electron chi connectivity index (χ2n) is 7.08. The number of nitrogens with zero attached hydrogens (tertiary/aromatic N) is 3. The molecule has 2 atom stereocenters. The summed E-state index contributed by atoms with van der Waals surface area (Å²) >= 11 is 0. The Morgan fingerprint density at radius 2 is 2.17 bits per heavy atom. The van der Waals surface area contributed by atoms with Crippen molar-refractivity contribution in [3.63, 3.8) is 0 Å². The zero-order valence-corrected chi connectivity index (χ0v) is 16.3. The quantitative estimate of drug-likeness (QED) is 0.693. The molecule has 0 aliphatic carbocycles. The van der Waals surface area contributed by atoms with Gasteiger partial charge in [0, 0.05) is 43.8 Å². The smallest absolute Gasteiger partial charge is 0.252 e. The monoisotopic (exact) mass is 392 g/mol. The molecule has 3 heterocycles. The first-order chi connectivity index (χ1) is 14.1. The number of hydrogen-bond donors (Lipinski definition) is 2. The highest BCUT2D eigenvalue weighted by molar-refractivity contribution is 5.94. The van der Waals surface area contributed by atoms with Crippen molar-refractivity contribution in [1.82, 2.24) is 15.3 Å². The molecule has 1 aromatic carbocycles. The highest BCUT2D eigenvalue weighted by Crippen LogP contribution is 2.25. The number of amides is 1. The molecule has 4 rings (SSSR count). The lowest BCUT2D eigenvalue weighted by atomic mass is 10.0. The highest BCUT2D eigenvalue weighted by atomic mass is 16.5. The Bertz CT molecular complexity index is 993. The number of anilines is 1. The standard InChI is InChI=1S/C22H24N4O3/c1-2-23-22(28)16-5-8-21(25-13-16)26-11-9-20(19(27)14-26)29-17-6-7-18-15(12-17)4-3-10-24-18/h3-8,10,12-13,19-20,27H,2,9,11,14H2,1H3,(H,23,28)/t19-,20-/m1/s1. The summed E-state index contributed by atoms with van der Waals surface area (Å²) in [5.41, 5.74) is 1.44. The molecule has 2 N–H and O–H groups in total. The second kappa shape index (κ2) is 8.45. The summed E-state index contributed by atoms with van der Waals surface area (Å²) in [7, 11) is 0. The van der Waals surface area contributed by atoms with Crippen molar-refractivity contribution in [3.05, 3.63) is 60.4 Å². The lowest BCUT2D eigenvalue weighted by molar-refractivity contribution is 0.0241. The molecule has 1 fully saturated rings. The number of hydrogen-bond acceptors (Lipinski definition) is 6. The molecule has 29 heavy (non-hydrogen) atoms. The van der Waals surface area contributed by atoms with Crippen LogP contribution in [-0.4, -0.2) is 52.8 Å². The van der Waals surface area contributed by atoms with Crippen LogP contribution in [0.3, 0.4) is 0 Å². The van der Waals surface area contributed by atoms with E-state index in [0.29, 0.717) is 31.6 Å². The van der Waals surface area contributed by atoms with Gasteiger partial charge in [0.05, 0.1) is 11.1 Å². The molecule has 1 amide bonds. The van der Waals surface area contributed by atoms with E-state index in [2.05, 4.69) is 15.3 Å². The summed E-state index contributed by atoms with van der Waals surface area (Å²) < 4.78 is 6.06. The summed E-state index contributed by atoms with van der Waals surface area (Å²) in [6.07, 6.45) is 3.08. The summed E-state index contributed by atoms with van der Waals surface area (Å²) in [5, 5.41) is 14.4. The van der Waals surface area contributed by atoms with Gasteiger partial charge in [0.2, 0.25) is 0 Å². The van der Waals surface area contributed by atoms with E-state index in [9.17, 15) is 9.90 Å². The number of aliphatic hydroxyl groups is 1. The van der Waals surface area contributed by atoms with Crippen LogP contribution in [0.25, 0.3) is 10.9 Å². The Morgan fingerprint density at radius 3 is 2.93 bits per heavy atom. The Balaban J connectivity index is 1.39. The topological polar surface area (TPSA) is 87.6 Å². The normalized spacial score (nSPS) is 19.2. The van der Waals surface area contributed by atoms with Crippen molar-refractivity contribution in [2.75, 3.05) is 24.5 Å². The van der Waals surface area contributed by atoms with E-state index in [0.717, 1.165) is 22.5 Å². The van der Waals surface area contributed by atoms with Gasteiger partial charge in [0.25, 0.3) is 5.91 Å². The Labute approximate surface area is 169 Å². The van der Waals surface area contributed by atoms with E-state index in [4.69, 9.17) is 4.74 Å². The van der Waals surface area contributed by atoms with Crippen molar-refractivity contribution in [2.45, 2.75) is 25.6 Å². The molecule has 3 aromatic rings. The first kappa shape index (κ1) is 19.1. The molecule has 2 aromatic heterocycles. The molecule has 7 heteroatoms. The van der Waals surface area contributed by atoms with Crippen molar-refractivity contribution in [2.24, 2.45) is 0 Å². The van der Waals surface area contributed by atoms with Gasteiger partial charge in [-0.3, -0.25) is 9.78 Å². The van der Waals surface area contributed by atoms with Crippen LogP contribution in [0.1, 0.15) is 23.7 Å². The fourth-order valence-corrected chi connectivity index (χ4v) is 3.53. The minimum atomic E-state index is -0.641. The molecule has 1 aliphatic rings. The first-order valence-corrected chi connectivity index (χ1v) is 9.83. The number of β-amino-alcohol motifs (C(OH)–C–C–N with tert-alkyl or cyclic N) is 1. The van der Waals surface area contributed by atoms with Crippen LogP contribution in [0.2, 0.25) is 0 Å². The summed E-state index contributed by atoms with van der Waals surface area (Å²) in [6, 6.07) is 13.2. The van der Waals surface area contributed by atoms with Gasteiger partial charge in [0.15, 0.2) is 0 Å². The van der Waals surface area contributed by atoms with Crippen molar-refractivity contribution >= 4 is 22.6 Å². The fraction of sp³-hybridized carbons (Fsp3) is 0.318. The van der Waals surface area contributed by atoms with E-state index >= 15 is 0 Å². The van der Waals surface area contributed by atoms with Crippen molar-refractivity contribution in [1.29, 1.82) is 0 Å². The van der Waals surface area contributed by atoms with Gasteiger partial charge in [-0.2, -0.15) is 0 Å². The van der Waals surface area contributed by atoms with Gasteiger partial charge in [-0.25, -0.2) is 4.98 Å². The molecule has 1 saturated heterocycles. The van der Waals surface area contributed by atoms with Crippen LogP contribution in [0.5, 0.6) is 5.75 Å². The third-order valence-corrected chi connectivity index (χ3v) is 5.05. The molecule has 0 saturated carbocycles. The number of aromatic nitrogens is 2. The number of aliphatic hydroxyl groups excluding tert-OH is 1. The van der Waals surface area contributed by atoms with Crippen LogP contribution in [0.4, 0.5) is 5.82 Å². The number of piperidine rings is 1. The Hall–Kier alpha value is -3.19. The third-order valence-electron chi connectivity index (χ3n) is 5.05. The van der Waals surface area contributed by atoms with Gasteiger partial charge < -0.3 is 20.1 Å². The number of carbonyl (C=O) groups is 1. The number of pyridine rings is 2. The SMILES string of the molecule is CCNC(=O)c1ccc(N2CC[C@@H](Oc3ccc4ncccc4c3)[C@H](O)C2)nc1. The molecule has 1 aliphatic heterocycles. The zero-order chi connectivity index (χ0) is 20.2. The average molecular weight is 392 g/mol. The number of carbonyl (C=O) groups excluding carboxylic acids is 1. The second-order valence-corrected chi connectivity index (χ2v) is 7.08. The predicted molar refractivity (Wildman–Crippen MR) is 111 cm³/mol. The Morgan fingerprint density at radius 1 is 1.28 bits per heavy atom. The number of nitrogens with one attached hydrogen (secondary N) is 1. The van der Waals surface area contributed by atoms with Gasteiger partial charge in [-0.15, -0.1) is 0 Å². The lowest BCUT2D eigenvalue weighted by Crippen LogP contribution is -2.49. The Kier molecular flexibility index (Phi) is 5.57. The predicted octanol–water partition coefficient (Wildman–Crippen LogP) is 2.40. The van der Waals surface area contributed by atoms with E-state index in [1.807, 2.05) is 48.2 Å². The minimum absolute atomic E-state index is 0.135. The van der Waals surface area contributed by atoms with Crippen molar-refractivity contribution < 1.29 is 14.6 Å². The van der Waals surface area contributed by atoms with Crippen molar-refractivity contribution in [3.8, 4) is 5.75 Å². The number of fused-ring (bicyclic) bond motifs is 1. The van der Waals surface area contributed by atoms with Gasteiger partial charge in [-0.1, -0.05) is 6.07 Å². The summed E-state index contributed by atoms with van der Waals surface area (Å²) in [5.74, 6) is 1.34. The third kappa shape index (κ3) is 4.30. The van der Waals surface area contributed by atoms with Gasteiger partial charge in [-0.05, 0) is 43.3 Å². The highest BCUT2D eigenvalue weighted by Gasteiger charge is 2.30. The largest absolute Gasteiger partial charge is 0.488 e. The fourth-order valence-electron chi connectivity index (χ4n) is 3.53. The summed E-state index contributed by atoms with van der Waals surface area (Å²) in [6.45, 7) is 3.59. The maximum Gasteiger partial charge on any atom is 0.252 e. The zero-order valence-electron chi connectivity index (χ0n) is 16.3. The maximum absolute atomic E-state index is 11.9. The van der Waals surface area contributed by atoms with Crippen LogP contribution >= 0.6 is 0 Å².